The molecular weight excluding hydrogens is 196 g/mol. The topological polar surface area (TPSA) is 17.1 Å². The van der Waals surface area contributed by atoms with Crippen molar-refractivity contribution >= 4 is 5.78 Å². The Hall–Kier alpha value is -0.850. The van der Waals surface area contributed by atoms with E-state index in [4.69, 9.17) is 0 Å². The predicted molar refractivity (Wildman–Crippen MR) is 67.1 cm³/mol. The van der Waals surface area contributed by atoms with E-state index in [-0.39, 0.29) is 5.41 Å². The molecule has 0 spiro atoms. The number of allylic oxidation sites excluding steroid dienone is 3. The van der Waals surface area contributed by atoms with E-state index in [1.807, 2.05) is 0 Å². The Bertz CT molecular complexity index is 364. The summed E-state index contributed by atoms with van der Waals surface area (Å²) in [5.74, 6) is 1.39. The number of carbonyl (C=O) groups is 1. The molecule has 16 heavy (non-hydrogen) atoms. The normalized spacial score (nSPS) is 38.9. The molecule has 0 amide bonds. The van der Waals surface area contributed by atoms with Gasteiger partial charge in [-0.1, -0.05) is 32.1 Å². The van der Waals surface area contributed by atoms with E-state index in [0.29, 0.717) is 24.0 Å². The fourth-order valence-electron chi connectivity index (χ4n) is 3.30. The van der Waals surface area contributed by atoms with E-state index < -0.39 is 0 Å². The first-order valence-electron chi connectivity index (χ1n) is 6.34. The third-order valence-electron chi connectivity index (χ3n) is 4.75. The Balaban J connectivity index is 2.36. The minimum absolute atomic E-state index is 0.108. The molecular formula is C15H22O. The van der Waals surface area contributed by atoms with Crippen LogP contribution < -0.4 is 0 Å². The number of carbonyl (C=O) groups excluding carboxylic acids is 1. The molecule has 1 nitrogen and oxygen atoms in total. The summed E-state index contributed by atoms with van der Waals surface area (Å²) in [6, 6.07) is 0. The maximum absolute atomic E-state index is 12.2. The molecule has 1 heteroatoms. The van der Waals surface area contributed by atoms with Gasteiger partial charge in [-0.25, -0.2) is 0 Å². The Morgan fingerprint density at radius 2 is 2.25 bits per heavy atom. The van der Waals surface area contributed by atoms with Crippen molar-refractivity contribution in [3.8, 4) is 0 Å². The van der Waals surface area contributed by atoms with Crippen LogP contribution >= 0.6 is 0 Å². The van der Waals surface area contributed by atoms with Crippen molar-refractivity contribution in [1.29, 1.82) is 0 Å². The number of rotatable bonds is 1. The molecule has 0 aliphatic heterocycles. The SMILES string of the molecule is C=C(C)[C@H]1CC(=O)C2=CCC[C@H](C)[C@]2(C)C1. The average Bonchev–Trinajstić information content (AvgIpc) is 2.20. The zero-order valence-corrected chi connectivity index (χ0v) is 10.7. The Morgan fingerprint density at radius 1 is 1.56 bits per heavy atom. The van der Waals surface area contributed by atoms with Crippen LogP contribution in [0.25, 0.3) is 0 Å². The molecule has 0 bridgehead atoms. The van der Waals surface area contributed by atoms with Gasteiger partial charge in [-0.3, -0.25) is 4.79 Å². The van der Waals surface area contributed by atoms with Crippen LogP contribution in [-0.2, 0) is 4.79 Å². The predicted octanol–water partition coefficient (Wildman–Crippen LogP) is 3.90. The first-order chi connectivity index (χ1) is 7.45. The van der Waals surface area contributed by atoms with E-state index in [1.54, 1.807) is 0 Å². The second-order valence-corrected chi connectivity index (χ2v) is 5.89. The van der Waals surface area contributed by atoms with E-state index in [2.05, 4.69) is 33.4 Å². The molecule has 0 radical (unpaired) electrons. The van der Waals surface area contributed by atoms with E-state index >= 15 is 0 Å². The average molecular weight is 218 g/mol. The highest BCUT2D eigenvalue weighted by Crippen LogP contribution is 2.51. The number of fused-ring (bicyclic) bond motifs is 1. The van der Waals surface area contributed by atoms with Gasteiger partial charge in [0.2, 0.25) is 0 Å². The van der Waals surface area contributed by atoms with Crippen molar-refractivity contribution < 1.29 is 4.79 Å². The number of hydrogen-bond donors (Lipinski definition) is 0. The van der Waals surface area contributed by atoms with Crippen molar-refractivity contribution in [2.75, 3.05) is 0 Å². The summed E-state index contributed by atoms with van der Waals surface area (Å²) in [5.41, 5.74) is 2.40. The summed E-state index contributed by atoms with van der Waals surface area (Å²) < 4.78 is 0. The molecule has 88 valence electrons. The Labute approximate surface area is 98.6 Å². The van der Waals surface area contributed by atoms with Gasteiger partial charge in [0, 0.05) is 6.42 Å². The molecule has 0 aromatic rings. The lowest BCUT2D eigenvalue weighted by atomic mass is 9.57. The largest absolute Gasteiger partial charge is 0.295 e. The summed E-state index contributed by atoms with van der Waals surface area (Å²) in [5, 5.41) is 0. The van der Waals surface area contributed by atoms with E-state index in [1.165, 1.54) is 12.0 Å². The van der Waals surface area contributed by atoms with E-state index in [0.717, 1.165) is 18.4 Å². The van der Waals surface area contributed by atoms with Gasteiger partial charge < -0.3 is 0 Å². The molecule has 1 fully saturated rings. The van der Waals surface area contributed by atoms with Crippen LogP contribution in [0.15, 0.2) is 23.8 Å². The highest BCUT2D eigenvalue weighted by Gasteiger charge is 2.45. The summed E-state index contributed by atoms with van der Waals surface area (Å²) in [4.78, 5) is 12.2. The number of Topliss-reactive ketones (excluding diaryl/α,β-unsaturated/α-hetero) is 1. The zero-order chi connectivity index (χ0) is 11.9. The van der Waals surface area contributed by atoms with Gasteiger partial charge in [0.1, 0.15) is 0 Å². The van der Waals surface area contributed by atoms with Crippen LogP contribution in [-0.4, -0.2) is 5.78 Å². The van der Waals surface area contributed by atoms with Gasteiger partial charge in [-0.2, -0.15) is 0 Å². The third-order valence-corrected chi connectivity index (χ3v) is 4.75. The van der Waals surface area contributed by atoms with Crippen molar-refractivity contribution in [3.05, 3.63) is 23.8 Å². The maximum Gasteiger partial charge on any atom is 0.159 e. The number of hydrogen-bond acceptors (Lipinski definition) is 1. The van der Waals surface area contributed by atoms with Gasteiger partial charge >= 0.3 is 0 Å². The van der Waals surface area contributed by atoms with Crippen LogP contribution in [0.2, 0.25) is 0 Å². The van der Waals surface area contributed by atoms with Crippen molar-refractivity contribution in [3.63, 3.8) is 0 Å². The van der Waals surface area contributed by atoms with Gasteiger partial charge in [0.25, 0.3) is 0 Å². The quantitative estimate of drug-likeness (QED) is 0.610. The van der Waals surface area contributed by atoms with Crippen LogP contribution in [0, 0.1) is 17.3 Å². The van der Waals surface area contributed by atoms with E-state index in [9.17, 15) is 4.79 Å². The van der Waals surface area contributed by atoms with Gasteiger partial charge in [-0.15, -0.1) is 0 Å². The minimum atomic E-state index is 0.108. The molecule has 0 aromatic heterocycles. The molecule has 0 unspecified atom stereocenters. The second kappa shape index (κ2) is 3.87. The smallest absolute Gasteiger partial charge is 0.159 e. The summed E-state index contributed by atoms with van der Waals surface area (Å²) in [6.45, 7) is 10.7. The first kappa shape index (κ1) is 11.6. The summed E-state index contributed by atoms with van der Waals surface area (Å²) in [6.07, 6.45) is 6.29. The standard InChI is InChI=1S/C15H22O/c1-10(2)12-8-14(16)13-7-5-6-11(3)15(13,4)9-12/h7,11-12H,1,5-6,8-9H2,2-4H3/t11-,12-,15-/m0/s1. The highest BCUT2D eigenvalue weighted by atomic mass is 16.1. The fourth-order valence-corrected chi connectivity index (χ4v) is 3.30. The summed E-state index contributed by atoms with van der Waals surface area (Å²) in [7, 11) is 0. The highest BCUT2D eigenvalue weighted by molar-refractivity contribution is 5.98. The minimum Gasteiger partial charge on any atom is -0.295 e. The lowest BCUT2D eigenvalue weighted by Crippen LogP contribution is -2.40. The van der Waals surface area contributed by atoms with Gasteiger partial charge in [-0.05, 0) is 49.0 Å². The summed E-state index contributed by atoms with van der Waals surface area (Å²) >= 11 is 0. The molecule has 3 atom stereocenters. The Kier molecular flexibility index (Phi) is 2.81. The van der Waals surface area contributed by atoms with Crippen molar-refractivity contribution in [2.24, 2.45) is 17.3 Å². The van der Waals surface area contributed by atoms with Gasteiger partial charge in [0.05, 0.1) is 0 Å². The maximum atomic E-state index is 12.2. The van der Waals surface area contributed by atoms with Crippen LogP contribution in [0.3, 0.4) is 0 Å². The molecule has 2 rings (SSSR count). The lowest BCUT2D eigenvalue weighted by Gasteiger charge is -2.46. The van der Waals surface area contributed by atoms with Crippen LogP contribution in [0.1, 0.15) is 46.5 Å². The van der Waals surface area contributed by atoms with Crippen molar-refractivity contribution in [1.82, 2.24) is 0 Å². The molecule has 2 aliphatic carbocycles. The fraction of sp³-hybridized carbons (Fsp3) is 0.667. The Morgan fingerprint density at radius 3 is 2.88 bits per heavy atom. The molecule has 2 aliphatic rings. The van der Waals surface area contributed by atoms with Crippen LogP contribution in [0.5, 0.6) is 0 Å². The zero-order valence-electron chi connectivity index (χ0n) is 10.7. The molecule has 0 saturated heterocycles. The second-order valence-electron chi connectivity index (χ2n) is 5.89. The lowest BCUT2D eigenvalue weighted by molar-refractivity contribution is -0.120. The van der Waals surface area contributed by atoms with Crippen LogP contribution in [0.4, 0.5) is 0 Å². The first-order valence-corrected chi connectivity index (χ1v) is 6.34. The molecule has 0 heterocycles. The monoisotopic (exact) mass is 218 g/mol. The third kappa shape index (κ3) is 1.66. The van der Waals surface area contributed by atoms with Crippen molar-refractivity contribution in [2.45, 2.75) is 46.5 Å². The molecule has 1 saturated carbocycles. The van der Waals surface area contributed by atoms with Gasteiger partial charge in [0.15, 0.2) is 5.78 Å². The number of ketones is 1. The molecule has 0 N–H and O–H groups in total. The molecule has 0 aromatic carbocycles.